The molecule has 1 aromatic carbocycles. The molecule has 7 heteroatoms. The summed E-state index contributed by atoms with van der Waals surface area (Å²) in [4.78, 5) is 9.12. The maximum atomic E-state index is 14.7. The van der Waals surface area contributed by atoms with Crippen LogP contribution in [0.2, 0.25) is 0 Å². The Morgan fingerprint density at radius 1 is 1.26 bits per heavy atom. The number of rotatable bonds is 11. The molecule has 3 N–H and O–H groups in total. The van der Waals surface area contributed by atoms with Crippen LogP contribution in [0.15, 0.2) is 23.2 Å². The number of piperidine rings is 1. The summed E-state index contributed by atoms with van der Waals surface area (Å²) in [5.41, 5.74) is 1.47. The second-order valence-electron chi connectivity index (χ2n) is 8.41. The van der Waals surface area contributed by atoms with Crippen molar-refractivity contribution < 1.29 is 9.50 Å². The molecule has 0 radical (unpaired) electrons. The molecular formula is C24H42FN5O. The molecule has 31 heavy (non-hydrogen) atoms. The number of guanidine groups is 1. The zero-order valence-corrected chi connectivity index (χ0v) is 19.8. The molecule has 0 spiro atoms. The highest BCUT2D eigenvalue weighted by atomic mass is 19.1. The van der Waals surface area contributed by atoms with Crippen molar-refractivity contribution in [3.8, 4) is 0 Å². The summed E-state index contributed by atoms with van der Waals surface area (Å²) in [5, 5.41) is 16.4. The summed E-state index contributed by atoms with van der Waals surface area (Å²) in [6, 6.07) is 5.70. The lowest BCUT2D eigenvalue weighted by Crippen LogP contribution is -2.42. The second kappa shape index (κ2) is 13.5. The first-order valence-corrected chi connectivity index (χ1v) is 11.9. The lowest BCUT2D eigenvalue weighted by molar-refractivity contribution is 0.145. The van der Waals surface area contributed by atoms with Gasteiger partial charge in [0.2, 0.25) is 0 Å². The van der Waals surface area contributed by atoms with E-state index in [4.69, 9.17) is 0 Å². The van der Waals surface area contributed by atoms with Gasteiger partial charge in [0.25, 0.3) is 0 Å². The normalized spacial score (nSPS) is 16.6. The molecule has 176 valence electrons. The average molecular weight is 436 g/mol. The van der Waals surface area contributed by atoms with E-state index < -0.39 is 0 Å². The van der Waals surface area contributed by atoms with Crippen LogP contribution < -0.4 is 15.5 Å². The van der Waals surface area contributed by atoms with Gasteiger partial charge < -0.3 is 25.5 Å². The number of benzene rings is 1. The predicted octanol–water partition coefficient (Wildman–Crippen LogP) is 3.35. The fourth-order valence-corrected chi connectivity index (χ4v) is 3.97. The topological polar surface area (TPSA) is 63.1 Å². The maximum absolute atomic E-state index is 14.7. The van der Waals surface area contributed by atoms with Gasteiger partial charge in [-0.25, -0.2) is 9.38 Å². The summed E-state index contributed by atoms with van der Waals surface area (Å²) < 4.78 is 14.7. The van der Waals surface area contributed by atoms with Crippen LogP contribution in [-0.2, 0) is 6.54 Å². The summed E-state index contributed by atoms with van der Waals surface area (Å²) in [6.07, 6.45) is 3.35. The van der Waals surface area contributed by atoms with Crippen molar-refractivity contribution >= 4 is 11.6 Å². The van der Waals surface area contributed by atoms with Crippen molar-refractivity contribution in [2.45, 2.75) is 72.1 Å². The number of aliphatic hydroxyl groups is 1. The minimum Gasteiger partial charge on any atom is -0.393 e. The van der Waals surface area contributed by atoms with Crippen LogP contribution in [0.3, 0.4) is 0 Å². The molecule has 1 heterocycles. The predicted molar refractivity (Wildman–Crippen MR) is 128 cm³/mol. The molecule has 6 nitrogen and oxygen atoms in total. The molecule has 0 aromatic heterocycles. The first-order chi connectivity index (χ1) is 15.0. The van der Waals surface area contributed by atoms with Crippen LogP contribution in [0, 0.1) is 5.82 Å². The van der Waals surface area contributed by atoms with Gasteiger partial charge in [0.05, 0.1) is 18.3 Å². The zero-order valence-electron chi connectivity index (χ0n) is 19.8. The van der Waals surface area contributed by atoms with Crippen molar-refractivity contribution in [3.05, 3.63) is 29.6 Å². The Hall–Kier alpha value is -1.86. The number of nitrogens with zero attached hydrogens (tertiary/aromatic N) is 3. The third-order valence-corrected chi connectivity index (χ3v) is 5.97. The molecule has 1 aliphatic heterocycles. The van der Waals surface area contributed by atoms with E-state index in [0.717, 1.165) is 50.5 Å². The van der Waals surface area contributed by atoms with Crippen molar-refractivity contribution in [3.63, 3.8) is 0 Å². The highest BCUT2D eigenvalue weighted by molar-refractivity contribution is 5.80. The maximum Gasteiger partial charge on any atom is 0.191 e. The SMILES string of the molecule is CCNC(=NCc1ccc(N2CCC(O)CC2)c(F)c1)NC(C)CCCN(CC)CC. The average Bonchev–Trinajstić information content (AvgIpc) is 2.76. The third-order valence-electron chi connectivity index (χ3n) is 5.97. The zero-order chi connectivity index (χ0) is 22.6. The van der Waals surface area contributed by atoms with Gasteiger partial charge in [0.1, 0.15) is 5.82 Å². The fourth-order valence-electron chi connectivity index (χ4n) is 3.97. The summed E-state index contributed by atoms with van der Waals surface area (Å²) in [6.45, 7) is 14.5. The number of nitrogens with one attached hydrogen (secondary N) is 2. The highest BCUT2D eigenvalue weighted by Gasteiger charge is 2.19. The van der Waals surface area contributed by atoms with Crippen molar-refractivity contribution in [1.82, 2.24) is 15.5 Å². The molecule has 0 bridgehead atoms. The molecule has 1 fully saturated rings. The monoisotopic (exact) mass is 435 g/mol. The van der Waals surface area contributed by atoms with Crippen LogP contribution in [0.1, 0.15) is 58.9 Å². The van der Waals surface area contributed by atoms with Crippen LogP contribution in [0.25, 0.3) is 0 Å². The van der Waals surface area contributed by atoms with E-state index in [1.54, 1.807) is 6.07 Å². The highest BCUT2D eigenvalue weighted by Crippen LogP contribution is 2.24. The van der Waals surface area contributed by atoms with Crippen molar-refractivity contribution in [2.24, 2.45) is 4.99 Å². The van der Waals surface area contributed by atoms with Gasteiger partial charge in [-0.15, -0.1) is 0 Å². The standard InChI is InChI=1S/C24H42FN5O/c1-5-26-24(28-19(4)9-8-14-29(6-2)7-3)27-18-20-10-11-23(22(25)17-20)30-15-12-21(31)13-16-30/h10-11,17,19,21,31H,5-9,12-16,18H2,1-4H3,(H2,26,27,28). The number of aliphatic imine (C=N–C) groups is 1. The first-order valence-electron chi connectivity index (χ1n) is 11.9. The van der Waals surface area contributed by atoms with Crippen LogP contribution in [0.5, 0.6) is 0 Å². The molecule has 2 rings (SSSR count). The van der Waals surface area contributed by atoms with E-state index in [1.165, 1.54) is 0 Å². The Balaban J connectivity index is 1.90. The molecule has 0 saturated carbocycles. The Bertz CT molecular complexity index is 672. The van der Waals surface area contributed by atoms with E-state index in [-0.39, 0.29) is 11.9 Å². The minimum absolute atomic E-state index is 0.216. The molecule has 1 saturated heterocycles. The number of aliphatic hydroxyl groups excluding tert-OH is 1. The van der Waals surface area contributed by atoms with Gasteiger partial charge in [-0.2, -0.15) is 0 Å². The number of halogens is 1. The largest absolute Gasteiger partial charge is 0.393 e. The molecule has 0 aliphatic carbocycles. The smallest absolute Gasteiger partial charge is 0.191 e. The first kappa shape index (κ1) is 25.4. The summed E-state index contributed by atoms with van der Waals surface area (Å²) >= 11 is 0. The summed E-state index contributed by atoms with van der Waals surface area (Å²) in [7, 11) is 0. The number of hydrogen-bond acceptors (Lipinski definition) is 4. The molecule has 1 aliphatic rings. The van der Waals surface area contributed by atoms with E-state index in [1.807, 2.05) is 24.0 Å². The lowest BCUT2D eigenvalue weighted by atomic mass is 10.1. The summed E-state index contributed by atoms with van der Waals surface area (Å²) in [5.74, 6) is 0.555. The number of anilines is 1. The molecule has 1 atom stereocenters. The Morgan fingerprint density at radius 2 is 1.97 bits per heavy atom. The van der Waals surface area contributed by atoms with Crippen molar-refractivity contribution in [2.75, 3.05) is 44.2 Å². The van der Waals surface area contributed by atoms with Crippen LogP contribution in [-0.4, -0.2) is 67.4 Å². The Kier molecular flexibility index (Phi) is 11.1. The van der Waals surface area contributed by atoms with Gasteiger partial charge in [-0.1, -0.05) is 19.9 Å². The van der Waals surface area contributed by atoms with Gasteiger partial charge in [0, 0.05) is 25.7 Å². The number of hydrogen-bond donors (Lipinski definition) is 3. The van der Waals surface area contributed by atoms with E-state index in [9.17, 15) is 9.50 Å². The third kappa shape index (κ3) is 8.65. The van der Waals surface area contributed by atoms with Gasteiger partial charge in [-0.3, -0.25) is 0 Å². The molecule has 0 amide bonds. The Morgan fingerprint density at radius 3 is 2.58 bits per heavy atom. The van der Waals surface area contributed by atoms with Crippen LogP contribution >= 0.6 is 0 Å². The molecule has 1 aromatic rings. The van der Waals surface area contributed by atoms with Crippen LogP contribution in [0.4, 0.5) is 10.1 Å². The van der Waals surface area contributed by atoms with Gasteiger partial charge in [-0.05, 0) is 76.9 Å². The van der Waals surface area contributed by atoms with E-state index >= 15 is 0 Å². The van der Waals surface area contributed by atoms with E-state index in [2.05, 4.69) is 41.3 Å². The second-order valence-corrected chi connectivity index (χ2v) is 8.41. The minimum atomic E-state index is -0.260. The quantitative estimate of drug-likeness (QED) is 0.368. The molecule has 1 unspecified atom stereocenters. The van der Waals surface area contributed by atoms with Crippen molar-refractivity contribution in [1.29, 1.82) is 0 Å². The van der Waals surface area contributed by atoms with Gasteiger partial charge in [0.15, 0.2) is 5.96 Å². The Labute approximate surface area is 187 Å². The van der Waals surface area contributed by atoms with E-state index in [0.29, 0.717) is 44.2 Å². The fraction of sp³-hybridized carbons (Fsp3) is 0.708. The molecular weight excluding hydrogens is 393 g/mol. The lowest BCUT2D eigenvalue weighted by Gasteiger charge is -2.31. The van der Waals surface area contributed by atoms with Gasteiger partial charge >= 0.3 is 0 Å².